The normalized spacial score (nSPS) is 30.6. The minimum atomic E-state index is -0.104. The molecular weight excluding hydrogens is 982 g/mol. The molecule has 0 amide bonds. The van der Waals surface area contributed by atoms with Crippen molar-refractivity contribution in [1.29, 1.82) is 0 Å². The van der Waals surface area contributed by atoms with Crippen molar-refractivity contribution in [3.63, 3.8) is 0 Å². The van der Waals surface area contributed by atoms with Gasteiger partial charge in [-0.2, -0.15) is 0 Å². The number of ether oxygens (including phenoxy) is 1. The molecule has 9 saturated carbocycles. The number of nitrogens with zero attached hydrogens (tertiary/aromatic N) is 1. The van der Waals surface area contributed by atoms with Crippen molar-refractivity contribution in [1.82, 2.24) is 4.98 Å². The van der Waals surface area contributed by atoms with Crippen molar-refractivity contribution >= 4 is 0 Å². The Balaban J connectivity index is 0.00000224. The van der Waals surface area contributed by atoms with Gasteiger partial charge in [-0.15, -0.1) is 0 Å². The number of phenols is 2. The molecule has 0 unspecified atom stereocenters. The van der Waals surface area contributed by atoms with Gasteiger partial charge in [-0.3, -0.25) is 0 Å². The predicted octanol–water partition coefficient (Wildman–Crippen LogP) is 18.4. The number of rotatable bonds is 9. The minimum Gasteiger partial charge on any atom is -0.507 e. The monoisotopic (exact) mass is 1070 g/mol. The summed E-state index contributed by atoms with van der Waals surface area (Å²) in [5.74, 6) is 7.96. The van der Waals surface area contributed by atoms with Crippen LogP contribution in [0, 0.1) is 68.1 Å². The number of aromatic nitrogens is 1. The van der Waals surface area contributed by atoms with Gasteiger partial charge >= 0.3 is 0 Å². The molecule has 4 aromatic carbocycles. The average molecular weight is 1070 g/mol. The van der Waals surface area contributed by atoms with E-state index in [4.69, 9.17) is 9.72 Å². The molecule has 14 rings (SSSR count). The topological polar surface area (TPSA) is 62.6 Å². The molecule has 9 aliphatic carbocycles. The molecule has 1 aromatic heterocycles. The molecule has 0 spiro atoms. The molecule has 74 heavy (non-hydrogen) atoms. The van der Waals surface area contributed by atoms with Crippen LogP contribution in [0.5, 0.6) is 17.2 Å². The number of aromatic hydroxyl groups is 2. The summed E-state index contributed by atoms with van der Waals surface area (Å²) < 4.78 is 7.37. The average Bonchev–Trinajstić information content (AvgIpc) is 3.30. The van der Waals surface area contributed by atoms with Gasteiger partial charge in [0.25, 0.3) is 0 Å². The maximum Gasteiger partial charge on any atom is 0.127 e. The van der Waals surface area contributed by atoms with Crippen LogP contribution in [0.25, 0.3) is 44.8 Å². The second-order valence-electron chi connectivity index (χ2n) is 27.9. The zero-order chi connectivity index (χ0) is 49.4. The van der Waals surface area contributed by atoms with Crippen LogP contribution >= 0.6 is 0 Å². The maximum atomic E-state index is 13.0. The Kier molecular flexibility index (Phi) is 15.1. The van der Waals surface area contributed by atoms with Crippen molar-refractivity contribution in [2.45, 2.75) is 186 Å². The van der Waals surface area contributed by atoms with E-state index >= 15 is 0 Å². The molecule has 3 atom stereocenters. The molecule has 0 aliphatic heterocycles. The van der Waals surface area contributed by atoms with E-state index in [0.717, 1.165) is 92.4 Å². The number of hydrogen-bond acceptors (Lipinski definition) is 4. The van der Waals surface area contributed by atoms with E-state index in [9.17, 15) is 10.2 Å². The van der Waals surface area contributed by atoms with E-state index in [1.807, 2.05) is 0 Å². The fraction of sp³-hybridized carbons (Fsp3) is 0.551. The zero-order valence-corrected chi connectivity index (χ0v) is 49.7. The number of phenolic OH excluding ortho intramolecular Hbond substituents is 2. The van der Waals surface area contributed by atoms with Crippen molar-refractivity contribution in [2.24, 2.45) is 53.3 Å². The van der Waals surface area contributed by atoms with Crippen molar-refractivity contribution in [2.75, 3.05) is 0 Å². The Labute approximate surface area is 466 Å². The molecule has 0 radical (unpaired) electrons. The molecular formula is C69H89NO3Zr-2. The molecule has 8 bridgehead atoms. The molecule has 5 heteroatoms. The summed E-state index contributed by atoms with van der Waals surface area (Å²) in [5.41, 5.74) is 12.3. The van der Waals surface area contributed by atoms with Crippen molar-refractivity contribution in [3.8, 4) is 62.0 Å². The molecule has 9 fully saturated rings. The number of benzene rings is 4. The Bertz CT molecular complexity index is 2620. The van der Waals surface area contributed by atoms with Crippen LogP contribution in [0.3, 0.4) is 0 Å². The summed E-state index contributed by atoms with van der Waals surface area (Å²) in [5, 5.41) is 25.9. The molecule has 1 heterocycles. The van der Waals surface area contributed by atoms with Gasteiger partial charge in [0.1, 0.15) is 23.4 Å². The van der Waals surface area contributed by atoms with Crippen LogP contribution in [0.15, 0.2) is 84.9 Å². The molecule has 2 N–H and O–H groups in total. The maximum absolute atomic E-state index is 13.0. The third kappa shape index (κ3) is 9.85. The van der Waals surface area contributed by atoms with Crippen LogP contribution in [0.4, 0.5) is 0 Å². The van der Waals surface area contributed by atoms with E-state index in [0.29, 0.717) is 29.3 Å². The number of hydrogen-bond donors (Lipinski definition) is 2. The third-order valence-corrected chi connectivity index (χ3v) is 20.2. The van der Waals surface area contributed by atoms with E-state index in [1.165, 1.54) is 112 Å². The minimum absolute atomic E-state index is 0. The summed E-state index contributed by atoms with van der Waals surface area (Å²) in [6, 6.07) is 31.1. The first-order valence-corrected chi connectivity index (χ1v) is 28.5. The SMILES string of the molecule is CC(C)[C@@H]1CC[C@@H](C)C[C@H]1Oc1cc(-c2ccccc2-c2cc(C(C)(C)C)cc(C34CC5CC(CC(C5)C3)C4)c2O)nc(-c2ccccc2-c2cc(C(C)(C)C)cc(C34CC5CC(CC(C5)C3)C4)c2O)c1.[CH3-].[CH3-].[Zr]. The molecule has 394 valence electrons. The summed E-state index contributed by atoms with van der Waals surface area (Å²) >= 11 is 0. The molecule has 9 aliphatic rings. The van der Waals surface area contributed by atoms with E-state index in [2.05, 4.69) is 147 Å². The van der Waals surface area contributed by atoms with Crippen LogP contribution in [-0.2, 0) is 47.9 Å². The van der Waals surface area contributed by atoms with Crippen LogP contribution in [0.1, 0.15) is 181 Å². The standard InChI is InChI=1S/C67H83NO3.2CH3.Zr/c1-39(2)50-19-18-40(3)20-61(50)71-49-31-59(53-16-12-10-14-51(53)55-27-47(64(4,5)6)29-57(62(55)69)66-33-41-21-42(34-66)23-43(22-41)35-66)68-60(32-49)54-17-13-11-15-52(54)56-28-48(65(7,8)9)30-58(63(56)70)67-36-44-24-45(37-67)26-46(25-44)38-67;;;/h10-17,27-32,39-46,50,61,69-70H,18-26,33-38H2,1-9H3;2*1H3;/q;2*-1;/t40-,41?,42?,43?,44?,45?,46?,50+,61-,66?,67?;;;/m1.../s1. The van der Waals surface area contributed by atoms with Gasteiger partial charge in [0.05, 0.1) is 11.4 Å². The van der Waals surface area contributed by atoms with E-state index < -0.39 is 0 Å². The van der Waals surface area contributed by atoms with Gasteiger partial charge < -0.3 is 29.8 Å². The van der Waals surface area contributed by atoms with Crippen LogP contribution in [0.2, 0.25) is 0 Å². The van der Waals surface area contributed by atoms with Gasteiger partial charge in [0.15, 0.2) is 0 Å². The first-order valence-electron chi connectivity index (χ1n) is 28.5. The van der Waals surface area contributed by atoms with Gasteiger partial charge in [0.2, 0.25) is 0 Å². The van der Waals surface area contributed by atoms with Gasteiger partial charge in [0, 0.05) is 71.7 Å². The van der Waals surface area contributed by atoms with Crippen LogP contribution < -0.4 is 4.74 Å². The smallest absolute Gasteiger partial charge is 0.127 e. The summed E-state index contributed by atoms with van der Waals surface area (Å²) in [6.07, 6.45) is 18.9. The molecule has 5 aromatic rings. The largest absolute Gasteiger partial charge is 0.507 e. The summed E-state index contributed by atoms with van der Waals surface area (Å²) in [7, 11) is 0. The van der Waals surface area contributed by atoms with Gasteiger partial charge in [-0.25, -0.2) is 4.98 Å². The van der Waals surface area contributed by atoms with Gasteiger partial charge in [-0.1, -0.05) is 129 Å². The van der Waals surface area contributed by atoms with Crippen LogP contribution in [-0.4, -0.2) is 21.3 Å². The molecule has 0 saturated heterocycles. The Morgan fingerprint density at radius 2 is 0.878 bits per heavy atom. The van der Waals surface area contributed by atoms with Crippen molar-refractivity contribution in [3.05, 3.63) is 122 Å². The Morgan fingerprint density at radius 1 is 0.514 bits per heavy atom. The fourth-order valence-corrected chi connectivity index (χ4v) is 17.4. The summed E-state index contributed by atoms with van der Waals surface area (Å²) in [6.45, 7) is 21.0. The fourth-order valence-electron chi connectivity index (χ4n) is 17.4. The van der Waals surface area contributed by atoms with E-state index in [-0.39, 0.29) is 68.8 Å². The summed E-state index contributed by atoms with van der Waals surface area (Å²) in [4.78, 5) is 5.72. The molecule has 4 nitrogen and oxygen atoms in total. The quantitative estimate of drug-likeness (QED) is 0.144. The first kappa shape index (κ1) is 55.1. The third-order valence-electron chi connectivity index (χ3n) is 20.2. The Morgan fingerprint density at radius 3 is 1.23 bits per heavy atom. The van der Waals surface area contributed by atoms with Crippen molar-refractivity contribution < 1.29 is 41.2 Å². The number of pyridine rings is 1. The second kappa shape index (κ2) is 20.3. The first-order chi connectivity index (χ1) is 33.8. The zero-order valence-electron chi connectivity index (χ0n) is 47.2. The Hall–Kier alpha value is -3.69. The predicted molar refractivity (Wildman–Crippen MR) is 305 cm³/mol. The van der Waals surface area contributed by atoms with Gasteiger partial charge in [-0.05, 0) is 199 Å². The second-order valence-corrected chi connectivity index (χ2v) is 27.9. The van der Waals surface area contributed by atoms with E-state index in [1.54, 1.807) is 0 Å².